The van der Waals surface area contributed by atoms with Crippen molar-refractivity contribution in [1.29, 1.82) is 5.26 Å². The highest BCUT2D eigenvalue weighted by Crippen LogP contribution is 2.48. The zero-order valence-electron chi connectivity index (χ0n) is 14.4. The van der Waals surface area contributed by atoms with Crippen LogP contribution in [0.4, 0.5) is 11.4 Å². The topological polar surface area (TPSA) is 94.6 Å². The van der Waals surface area contributed by atoms with Crippen LogP contribution in [0.25, 0.3) is 16.8 Å². The van der Waals surface area contributed by atoms with Gasteiger partial charge in [-0.05, 0) is 25.5 Å². The largest absolute Gasteiger partial charge is 0.310 e. The summed E-state index contributed by atoms with van der Waals surface area (Å²) in [4.78, 5) is 13.7. The second-order valence-corrected chi connectivity index (χ2v) is 9.77. The molecule has 27 heavy (non-hydrogen) atoms. The van der Waals surface area contributed by atoms with Crippen molar-refractivity contribution in [2.45, 2.75) is 18.2 Å². The maximum atomic E-state index is 14.0. The number of hydrogen-bond acceptors (Lipinski definition) is 6. The SMILES string of the molecule is Cc1ccc2c3c1C(C#N)=C[N+]3=S(=O)(c1nc(-c3cncnc3)c(C)s1)N2. The summed E-state index contributed by atoms with van der Waals surface area (Å²) in [5.74, 6) is 0. The van der Waals surface area contributed by atoms with Crippen LogP contribution >= 0.6 is 11.3 Å². The van der Waals surface area contributed by atoms with Crippen molar-refractivity contribution < 1.29 is 8.15 Å². The van der Waals surface area contributed by atoms with Gasteiger partial charge in [0.25, 0.3) is 10.0 Å². The van der Waals surface area contributed by atoms with Crippen molar-refractivity contribution in [3.05, 3.63) is 53.1 Å². The van der Waals surface area contributed by atoms with Crippen molar-refractivity contribution in [2.24, 2.45) is 0 Å². The Hall–Kier alpha value is -3.09. The van der Waals surface area contributed by atoms with Crippen molar-refractivity contribution in [1.82, 2.24) is 15.0 Å². The van der Waals surface area contributed by atoms with Crippen LogP contribution < -0.4 is 4.72 Å². The molecule has 2 aliphatic rings. The minimum absolute atomic E-state index is 0.467. The molecular formula is C18H13N6OS2+. The van der Waals surface area contributed by atoms with Gasteiger partial charge in [-0.3, -0.25) is 4.72 Å². The van der Waals surface area contributed by atoms with Crippen molar-refractivity contribution >= 4 is 38.2 Å². The fourth-order valence-electron chi connectivity index (χ4n) is 3.38. The molecule has 1 atom stereocenters. The third kappa shape index (κ3) is 2.11. The Labute approximate surface area is 160 Å². The summed E-state index contributed by atoms with van der Waals surface area (Å²) >= 11 is 1.37. The van der Waals surface area contributed by atoms with Gasteiger partial charge in [-0.15, -0.1) is 11.3 Å². The minimum Gasteiger partial charge on any atom is -0.253 e. The van der Waals surface area contributed by atoms with Crippen LogP contribution in [0.5, 0.6) is 0 Å². The Balaban J connectivity index is 1.77. The van der Waals surface area contributed by atoms with Gasteiger partial charge in [-0.2, -0.15) is 9.47 Å². The van der Waals surface area contributed by atoms with Gasteiger partial charge in [0.15, 0.2) is 0 Å². The summed E-state index contributed by atoms with van der Waals surface area (Å²) in [6, 6.07) is 6.05. The van der Waals surface area contributed by atoms with Gasteiger partial charge in [0.05, 0.1) is 11.3 Å². The number of benzene rings is 1. The highest BCUT2D eigenvalue weighted by Gasteiger charge is 2.45. The molecule has 0 spiro atoms. The number of aromatic nitrogens is 3. The summed E-state index contributed by atoms with van der Waals surface area (Å²) in [6.07, 6.45) is 6.50. The van der Waals surface area contributed by atoms with Gasteiger partial charge in [-0.25, -0.2) is 15.0 Å². The molecule has 9 heteroatoms. The smallest absolute Gasteiger partial charge is 0.253 e. The molecule has 0 bridgehead atoms. The van der Waals surface area contributed by atoms with Gasteiger partial charge in [0.1, 0.15) is 23.7 Å². The van der Waals surface area contributed by atoms with Crippen LogP contribution in [0.15, 0.2) is 41.4 Å². The maximum absolute atomic E-state index is 14.0. The Kier molecular flexibility index (Phi) is 3.25. The van der Waals surface area contributed by atoms with Crippen LogP contribution in [0.2, 0.25) is 0 Å². The number of thiazole rings is 1. The molecule has 0 saturated carbocycles. The quantitative estimate of drug-likeness (QED) is 0.671. The molecule has 0 fully saturated rings. The first-order chi connectivity index (χ1) is 13.0. The van der Waals surface area contributed by atoms with E-state index in [9.17, 15) is 9.47 Å². The number of nitrogens with one attached hydrogen (secondary N) is 1. The van der Waals surface area contributed by atoms with Crippen LogP contribution in [-0.4, -0.2) is 23.1 Å². The normalized spacial score (nSPS) is 19.4. The molecule has 4 heterocycles. The second kappa shape index (κ2) is 5.45. The van der Waals surface area contributed by atoms with E-state index < -0.39 is 9.92 Å². The molecule has 5 rings (SSSR count). The van der Waals surface area contributed by atoms with E-state index in [0.717, 1.165) is 38.6 Å². The maximum Gasteiger partial charge on any atom is 0.310 e. The van der Waals surface area contributed by atoms with Crippen molar-refractivity contribution in [3.63, 3.8) is 0 Å². The average Bonchev–Trinajstić information content (AvgIpc) is 3.34. The van der Waals surface area contributed by atoms with Crippen LogP contribution in [0.3, 0.4) is 0 Å². The summed E-state index contributed by atoms with van der Waals surface area (Å²) < 4.78 is 19.3. The molecule has 2 aromatic heterocycles. The highest BCUT2D eigenvalue weighted by atomic mass is 32.2. The number of hydrogen-bond donors (Lipinski definition) is 1. The first kappa shape index (κ1) is 16.1. The van der Waals surface area contributed by atoms with E-state index in [-0.39, 0.29) is 0 Å². The number of allylic oxidation sites excluding steroid dienone is 1. The average molecular weight is 393 g/mol. The standard InChI is InChI=1S/C18H12N6OS2/c1-10-3-4-14-17-15(10)12(5-19)8-24(17)27(25,23-14)18-22-16(11(2)26-18)13-6-20-9-21-7-13/h3-4,6-9H,1-2H3/p+1. The van der Waals surface area contributed by atoms with Crippen molar-refractivity contribution in [2.75, 3.05) is 4.72 Å². The zero-order valence-corrected chi connectivity index (χ0v) is 16.1. The Morgan fingerprint density at radius 2 is 2.04 bits per heavy atom. The fraction of sp³-hybridized carbons (Fsp3) is 0.111. The molecule has 0 amide bonds. The Morgan fingerprint density at radius 3 is 2.78 bits per heavy atom. The molecule has 1 aromatic carbocycles. The lowest BCUT2D eigenvalue weighted by molar-refractivity contribution is -0.325. The molecule has 3 aromatic rings. The summed E-state index contributed by atoms with van der Waals surface area (Å²) in [5.41, 5.74) is 5.36. The predicted molar refractivity (Wildman–Crippen MR) is 103 cm³/mol. The second-order valence-electron chi connectivity index (χ2n) is 6.27. The number of rotatable bonds is 2. The van der Waals surface area contributed by atoms with E-state index in [4.69, 9.17) is 0 Å². The molecule has 0 saturated heterocycles. The molecule has 1 unspecified atom stereocenters. The predicted octanol–water partition coefficient (Wildman–Crippen LogP) is 3.61. The molecule has 2 aliphatic heterocycles. The Bertz CT molecular complexity index is 1320. The molecule has 0 radical (unpaired) electrons. The first-order valence-corrected chi connectivity index (χ1v) is 10.5. The lowest BCUT2D eigenvalue weighted by Gasteiger charge is -2.01. The van der Waals surface area contributed by atoms with Gasteiger partial charge in [-0.1, -0.05) is 10.0 Å². The van der Waals surface area contributed by atoms with Crippen LogP contribution in [-0.2, 0) is 9.92 Å². The minimum atomic E-state index is -2.88. The highest BCUT2D eigenvalue weighted by molar-refractivity contribution is 7.94. The summed E-state index contributed by atoms with van der Waals surface area (Å²) in [6.45, 7) is 3.88. The van der Waals surface area contributed by atoms with Gasteiger partial charge in [0.2, 0.25) is 6.20 Å². The molecule has 1 N–H and O–H groups in total. The number of nitriles is 1. The number of nitrogens with zero attached hydrogens (tertiary/aromatic N) is 5. The van der Waals surface area contributed by atoms with E-state index in [1.165, 1.54) is 17.7 Å². The lowest BCUT2D eigenvalue weighted by atomic mass is 10.0. The molecule has 7 nitrogen and oxygen atoms in total. The first-order valence-electron chi connectivity index (χ1n) is 8.13. The number of anilines is 1. The van der Waals surface area contributed by atoms with E-state index in [2.05, 4.69) is 25.7 Å². The third-order valence-corrected chi connectivity index (χ3v) is 8.21. The van der Waals surface area contributed by atoms with E-state index in [1.807, 2.05) is 26.0 Å². The summed E-state index contributed by atoms with van der Waals surface area (Å²) in [5, 5.41) is 9.52. The lowest BCUT2D eigenvalue weighted by Crippen LogP contribution is -2.15. The van der Waals surface area contributed by atoms with E-state index >= 15 is 0 Å². The van der Waals surface area contributed by atoms with Crippen molar-refractivity contribution in [3.8, 4) is 17.3 Å². The summed E-state index contributed by atoms with van der Waals surface area (Å²) in [7, 11) is -2.88. The molecule has 132 valence electrons. The Morgan fingerprint density at radius 1 is 1.26 bits per heavy atom. The monoisotopic (exact) mass is 393 g/mol. The van der Waals surface area contributed by atoms with Gasteiger partial charge in [0, 0.05) is 22.8 Å². The van der Waals surface area contributed by atoms with E-state index in [1.54, 1.807) is 22.5 Å². The molecular weight excluding hydrogens is 380 g/mol. The zero-order chi connectivity index (χ0) is 18.8. The third-order valence-electron chi connectivity index (χ3n) is 4.62. The number of aryl methyl sites for hydroxylation is 2. The fourth-order valence-corrected chi connectivity index (χ4v) is 6.97. The van der Waals surface area contributed by atoms with E-state index in [0.29, 0.717) is 9.91 Å². The van der Waals surface area contributed by atoms with Gasteiger partial charge < -0.3 is 0 Å². The van der Waals surface area contributed by atoms with Crippen LogP contribution in [0.1, 0.15) is 16.0 Å². The van der Waals surface area contributed by atoms with Crippen LogP contribution in [0, 0.1) is 25.2 Å². The van der Waals surface area contributed by atoms with Gasteiger partial charge >= 0.3 is 9.92 Å². The molecule has 0 aliphatic carbocycles.